The molecule has 1 atom stereocenters. The number of benzene rings is 2. The van der Waals surface area contributed by atoms with Crippen LogP contribution in [-0.2, 0) is 10.3 Å². The highest BCUT2D eigenvalue weighted by Gasteiger charge is 2.68. The topological polar surface area (TPSA) is 113 Å². The van der Waals surface area contributed by atoms with E-state index in [4.69, 9.17) is 0 Å². The van der Waals surface area contributed by atoms with Gasteiger partial charge in [0.2, 0.25) is 0 Å². The van der Waals surface area contributed by atoms with E-state index in [0.717, 1.165) is 4.57 Å². The molecule has 0 fully saturated rings. The fraction of sp³-hybridized carbons (Fsp3) is 0.143. The fourth-order valence-corrected chi connectivity index (χ4v) is 3.65. The zero-order chi connectivity index (χ0) is 23.3. The third-order valence-corrected chi connectivity index (χ3v) is 5.18. The Labute approximate surface area is 177 Å². The molecule has 2 amide bonds. The lowest BCUT2D eigenvalue weighted by molar-refractivity contribution is -0.196. The van der Waals surface area contributed by atoms with Crippen molar-refractivity contribution in [2.45, 2.75) is 18.6 Å². The summed E-state index contributed by atoms with van der Waals surface area (Å²) in [6, 6.07) is 13.2. The summed E-state index contributed by atoms with van der Waals surface area (Å²) in [7, 11) is 0. The highest BCUT2D eigenvalue weighted by Crippen LogP contribution is 2.45. The number of halogens is 3. The lowest BCUT2D eigenvalue weighted by Crippen LogP contribution is -2.62. The van der Waals surface area contributed by atoms with Gasteiger partial charge in [0.1, 0.15) is 11.4 Å². The molecule has 0 saturated heterocycles. The van der Waals surface area contributed by atoms with Crippen molar-refractivity contribution in [1.82, 2.24) is 14.9 Å². The fourth-order valence-electron chi connectivity index (χ4n) is 3.65. The number of hydrogen-bond acceptors (Lipinski definition) is 4. The molecule has 8 nitrogen and oxygen atoms in total. The van der Waals surface area contributed by atoms with Gasteiger partial charge in [-0.3, -0.25) is 19.4 Å². The second-order valence-electron chi connectivity index (χ2n) is 7.13. The van der Waals surface area contributed by atoms with Crippen LogP contribution in [0.25, 0.3) is 5.69 Å². The summed E-state index contributed by atoms with van der Waals surface area (Å²) in [5, 5.41) is 3.69. The van der Waals surface area contributed by atoms with E-state index in [2.05, 4.69) is 0 Å². The van der Waals surface area contributed by atoms with Crippen molar-refractivity contribution in [3.05, 3.63) is 92.1 Å². The Hall–Kier alpha value is -4.15. The lowest BCUT2D eigenvalue weighted by atomic mass is 9.91. The minimum atomic E-state index is -5.41. The van der Waals surface area contributed by atoms with Crippen molar-refractivity contribution >= 4 is 17.6 Å². The normalized spacial score (nSPS) is 17.6. The second kappa shape index (κ2) is 7.22. The van der Waals surface area contributed by atoms with Gasteiger partial charge in [0.05, 0.1) is 5.69 Å². The second-order valence-corrected chi connectivity index (χ2v) is 7.13. The average molecular weight is 444 g/mol. The monoisotopic (exact) mass is 444 g/mol. The minimum absolute atomic E-state index is 0.151. The molecule has 164 valence electrons. The number of carbonyl (C=O) groups excluding carboxylic acids is 2. The maximum absolute atomic E-state index is 14.4. The van der Waals surface area contributed by atoms with Gasteiger partial charge in [0.25, 0.3) is 22.9 Å². The number of aryl methyl sites for hydroxylation is 1. The van der Waals surface area contributed by atoms with Gasteiger partial charge in [-0.25, -0.2) is 9.36 Å². The van der Waals surface area contributed by atoms with Gasteiger partial charge in [-0.15, -0.1) is 0 Å². The highest BCUT2D eigenvalue weighted by molar-refractivity contribution is 6.09. The predicted molar refractivity (Wildman–Crippen MR) is 108 cm³/mol. The number of aromatic nitrogens is 2. The van der Waals surface area contributed by atoms with Crippen molar-refractivity contribution < 1.29 is 22.8 Å². The van der Waals surface area contributed by atoms with Crippen LogP contribution in [0.2, 0.25) is 0 Å². The zero-order valence-corrected chi connectivity index (χ0v) is 16.4. The molecule has 0 bridgehead atoms. The van der Waals surface area contributed by atoms with Crippen LogP contribution in [0.4, 0.5) is 19.0 Å². The first-order valence-electron chi connectivity index (χ1n) is 9.29. The number of fused-ring (bicyclic) bond motifs is 1. The van der Waals surface area contributed by atoms with Crippen molar-refractivity contribution in [1.29, 1.82) is 0 Å². The summed E-state index contributed by atoms with van der Waals surface area (Å²) in [6.45, 7) is 1.60. The van der Waals surface area contributed by atoms with Crippen molar-refractivity contribution in [2.75, 3.05) is 5.32 Å². The first kappa shape index (κ1) is 21.1. The summed E-state index contributed by atoms with van der Waals surface area (Å²) in [5.74, 6) is -3.59. The Balaban J connectivity index is 2.01. The molecule has 3 aromatic rings. The Bertz CT molecular complexity index is 1360. The molecule has 2 heterocycles. The van der Waals surface area contributed by atoms with Crippen molar-refractivity contribution in [3.8, 4) is 5.69 Å². The van der Waals surface area contributed by atoms with Gasteiger partial charge in [-0.2, -0.15) is 13.2 Å². The molecule has 0 spiro atoms. The maximum Gasteiger partial charge on any atom is 0.425 e. The first-order valence-corrected chi connectivity index (χ1v) is 9.29. The molecule has 4 rings (SSSR count). The number of alkyl halides is 3. The van der Waals surface area contributed by atoms with Gasteiger partial charge in [0, 0.05) is 5.56 Å². The standard InChI is InChI=1S/C21H15F3N4O4/c1-11-7-5-6-10-13(11)28-15-14(17(30)26-19(28)32)20(18(31)25-15,21(22,23)24)27-16(29)12-8-3-2-4-9-12/h2-10H,1H3,(H,25,31)(H,27,29)(H,26,30,32)/t20-/m1/s1. The third-order valence-electron chi connectivity index (χ3n) is 5.18. The van der Waals surface area contributed by atoms with E-state index in [1.807, 2.05) is 10.3 Å². The quantitative estimate of drug-likeness (QED) is 0.573. The van der Waals surface area contributed by atoms with E-state index in [1.54, 1.807) is 30.4 Å². The number of carbonyl (C=O) groups is 2. The van der Waals surface area contributed by atoms with Crippen molar-refractivity contribution in [2.24, 2.45) is 0 Å². The van der Waals surface area contributed by atoms with E-state index < -0.39 is 46.2 Å². The van der Waals surface area contributed by atoms with Crippen LogP contribution in [0, 0.1) is 6.92 Å². The molecule has 1 aliphatic heterocycles. The summed E-state index contributed by atoms with van der Waals surface area (Å²) in [6.07, 6.45) is -5.41. The highest BCUT2D eigenvalue weighted by atomic mass is 19.4. The summed E-state index contributed by atoms with van der Waals surface area (Å²) in [5.41, 5.74) is -6.83. The summed E-state index contributed by atoms with van der Waals surface area (Å²) < 4.78 is 44.0. The Morgan fingerprint density at radius 3 is 2.25 bits per heavy atom. The molecule has 2 aromatic carbocycles. The van der Waals surface area contributed by atoms with Crippen LogP contribution in [0.15, 0.2) is 64.2 Å². The lowest BCUT2D eigenvalue weighted by Gasteiger charge is -2.30. The Morgan fingerprint density at radius 1 is 1.00 bits per heavy atom. The van der Waals surface area contributed by atoms with E-state index in [0.29, 0.717) is 5.56 Å². The average Bonchev–Trinajstić information content (AvgIpc) is 3.03. The zero-order valence-electron chi connectivity index (χ0n) is 16.4. The van der Waals surface area contributed by atoms with Crippen molar-refractivity contribution in [3.63, 3.8) is 0 Å². The van der Waals surface area contributed by atoms with Crippen LogP contribution in [0.3, 0.4) is 0 Å². The number of hydrogen-bond donors (Lipinski definition) is 3. The predicted octanol–water partition coefficient (Wildman–Crippen LogP) is 1.97. The Morgan fingerprint density at radius 2 is 1.62 bits per heavy atom. The molecular formula is C21H15F3N4O4. The number of rotatable bonds is 3. The number of anilines is 1. The number of nitrogens with one attached hydrogen (secondary N) is 3. The van der Waals surface area contributed by atoms with Crippen LogP contribution in [0.5, 0.6) is 0 Å². The number of amides is 2. The minimum Gasteiger partial charge on any atom is -0.326 e. The molecule has 32 heavy (non-hydrogen) atoms. The van der Waals surface area contributed by atoms with Crippen LogP contribution in [-0.4, -0.2) is 27.5 Å². The van der Waals surface area contributed by atoms with Crippen LogP contribution < -0.4 is 21.9 Å². The van der Waals surface area contributed by atoms with E-state index in [-0.39, 0.29) is 11.3 Å². The Kier molecular flexibility index (Phi) is 4.76. The van der Waals surface area contributed by atoms with Gasteiger partial charge >= 0.3 is 11.9 Å². The molecular weight excluding hydrogens is 429 g/mol. The van der Waals surface area contributed by atoms with E-state index in [9.17, 15) is 32.3 Å². The van der Waals surface area contributed by atoms with Gasteiger partial charge in [0.15, 0.2) is 0 Å². The van der Waals surface area contributed by atoms with E-state index in [1.165, 1.54) is 36.4 Å². The van der Waals surface area contributed by atoms with Gasteiger partial charge in [-0.05, 0) is 30.7 Å². The largest absolute Gasteiger partial charge is 0.425 e. The van der Waals surface area contributed by atoms with Crippen LogP contribution >= 0.6 is 0 Å². The SMILES string of the molecule is Cc1ccccc1-n1c2c(c(=O)[nH]c1=O)[C@](NC(=O)c1ccccc1)(C(F)(F)F)C(=O)N2. The molecule has 1 aromatic heterocycles. The number of nitrogens with zero attached hydrogens (tertiary/aromatic N) is 1. The molecule has 11 heteroatoms. The number of H-pyrrole nitrogens is 1. The number of aromatic amines is 1. The number of para-hydroxylation sites is 1. The first-order chi connectivity index (χ1) is 15.1. The van der Waals surface area contributed by atoms with E-state index >= 15 is 0 Å². The molecule has 0 aliphatic carbocycles. The molecule has 1 aliphatic rings. The molecule has 0 unspecified atom stereocenters. The van der Waals surface area contributed by atoms with Gasteiger partial charge in [-0.1, -0.05) is 36.4 Å². The smallest absolute Gasteiger partial charge is 0.326 e. The van der Waals surface area contributed by atoms with Gasteiger partial charge < -0.3 is 10.6 Å². The molecule has 0 saturated carbocycles. The molecule has 0 radical (unpaired) electrons. The molecule has 3 N–H and O–H groups in total. The summed E-state index contributed by atoms with van der Waals surface area (Å²) >= 11 is 0. The maximum atomic E-state index is 14.4. The van der Waals surface area contributed by atoms with Crippen LogP contribution in [0.1, 0.15) is 21.5 Å². The third kappa shape index (κ3) is 3.01. The summed E-state index contributed by atoms with van der Waals surface area (Å²) in [4.78, 5) is 52.4.